The third kappa shape index (κ3) is 6.22. The van der Waals surface area contributed by atoms with E-state index in [-0.39, 0.29) is 12.6 Å². The number of morpholine rings is 1. The Kier molecular flexibility index (Phi) is 7.78. The molecule has 0 aromatic carbocycles. The lowest BCUT2D eigenvalue weighted by Gasteiger charge is -2.36. The minimum absolute atomic E-state index is 0.0999. The number of carbonyl (C=O) groups is 1. The largest absolute Gasteiger partial charge is 0.396 e. The summed E-state index contributed by atoms with van der Waals surface area (Å²) >= 11 is 0. The Hall–Kier alpha value is -0.850. The zero-order valence-electron chi connectivity index (χ0n) is 12.0. The average Bonchev–Trinajstić information content (AvgIpc) is 2.40. The fourth-order valence-corrected chi connectivity index (χ4v) is 2.24. The van der Waals surface area contributed by atoms with Crippen LogP contribution in [0.3, 0.4) is 0 Å². The number of amides is 2. The lowest BCUT2D eigenvalue weighted by Crippen LogP contribution is -2.52. The predicted octanol–water partition coefficient (Wildman–Crippen LogP) is 0.0248. The van der Waals surface area contributed by atoms with E-state index in [9.17, 15) is 4.79 Å². The Morgan fingerprint density at radius 1 is 1.32 bits per heavy atom. The molecular formula is C13H27N3O3. The van der Waals surface area contributed by atoms with Gasteiger partial charge in [-0.15, -0.1) is 0 Å². The molecule has 6 nitrogen and oxygen atoms in total. The van der Waals surface area contributed by atoms with E-state index in [1.165, 1.54) is 0 Å². The van der Waals surface area contributed by atoms with Crippen LogP contribution in [0.25, 0.3) is 0 Å². The van der Waals surface area contributed by atoms with Gasteiger partial charge in [-0.2, -0.15) is 0 Å². The quantitative estimate of drug-likeness (QED) is 0.572. The standard InChI is InChI=1S/C13H27N3O3/c1-11(2)12(16-5-8-19-9-6-16)10-15-13(18)14-4-3-7-17/h11-12,17H,3-10H2,1-2H3,(H2,14,15,18). The number of hydrogen-bond acceptors (Lipinski definition) is 4. The molecule has 0 aromatic rings. The first-order valence-corrected chi connectivity index (χ1v) is 7.09. The van der Waals surface area contributed by atoms with Crippen molar-refractivity contribution in [3.8, 4) is 0 Å². The number of urea groups is 1. The maximum absolute atomic E-state index is 11.6. The highest BCUT2D eigenvalue weighted by Gasteiger charge is 2.23. The number of aliphatic hydroxyl groups is 1. The number of ether oxygens (including phenoxy) is 1. The molecule has 1 rings (SSSR count). The summed E-state index contributed by atoms with van der Waals surface area (Å²) < 4.78 is 5.36. The van der Waals surface area contributed by atoms with Crippen molar-refractivity contribution in [1.82, 2.24) is 15.5 Å². The molecule has 1 atom stereocenters. The summed E-state index contributed by atoms with van der Waals surface area (Å²) in [6, 6.07) is 0.180. The number of hydrogen-bond donors (Lipinski definition) is 3. The molecule has 0 saturated carbocycles. The van der Waals surface area contributed by atoms with E-state index in [4.69, 9.17) is 9.84 Å². The molecular weight excluding hydrogens is 246 g/mol. The first-order valence-electron chi connectivity index (χ1n) is 7.09. The molecule has 2 amide bonds. The van der Waals surface area contributed by atoms with Crippen molar-refractivity contribution in [2.24, 2.45) is 5.92 Å². The summed E-state index contributed by atoms with van der Waals surface area (Å²) in [7, 11) is 0. The van der Waals surface area contributed by atoms with Gasteiger partial charge in [0.15, 0.2) is 0 Å². The first kappa shape index (κ1) is 16.2. The first-order chi connectivity index (χ1) is 9.15. The topological polar surface area (TPSA) is 73.8 Å². The van der Waals surface area contributed by atoms with Crippen LogP contribution in [-0.4, -0.2) is 68.1 Å². The van der Waals surface area contributed by atoms with Gasteiger partial charge in [0, 0.05) is 38.8 Å². The van der Waals surface area contributed by atoms with Crippen molar-refractivity contribution in [3.05, 3.63) is 0 Å². The minimum Gasteiger partial charge on any atom is -0.396 e. The lowest BCUT2D eigenvalue weighted by atomic mass is 10.0. The zero-order valence-corrected chi connectivity index (χ0v) is 12.0. The molecule has 1 heterocycles. The molecule has 3 N–H and O–H groups in total. The molecule has 1 fully saturated rings. The Balaban J connectivity index is 2.30. The highest BCUT2D eigenvalue weighted by molar-refractivity contribution is 5.73. The second kappa shape index (κ2) is 9.12. The average molecular weight is 273 g/mol. The van der Waals surface area contributed by atoms with Gasteiger partial charge in [-0.25, -0.2) is 4.79 Å². The predicted molar refractivity (Wildman–Crippen MR) is 74.1 cm³/mol. The summed E-state index contributed by atoms with van der Waals surface area (Å²) in [5.74, 6) is 0.482. The zero-order chi connectivity index (χ0) is 14.1. The molecule has 0 aliphatic carbocycles. The van der Waals surface area contributed by atoms with E-state index in [1.54, 1.807) is 0 Å². The molecule has 0 radical (unpaired) electrons. The maximum atomic E-state index is 11.6. The number of rotatable bonds is 7. The SMILES string of the molecule is CC(C)C(CNC(=O)NCCCO)N1CCOCC1. The van der Waals surface area contributed by atoms with Crippen molar-refractivity contribution in [3.63, 3.8) is 0 Å². The van der Waals surface area contributed by atoms with Crippen LogP contribution in [0.4, 0.5) is 4.79 Å². The van der Waals surface area contributed by atoms with Gasteiger partial charge in [0.1, 0.15) is 0 Å². The van der Waals surface area contributed by atoms with Gasteiger partial charge in [0.25, 0.3) is 0 Å². The fraction of sp³-hybridized carbons (Fsp3) is 0.923. The van der Waals surface area contributed by atoms with Crippen LogP contribution in [0.1, 0.15) is 20.3 Å². The summed E-state index contributed by atoms with van der Waals surface area (Å²) in [5.41, 5.74) is 0. The Bertz CT molecular complexity index is 256. The van der Waals surface area contributed by atoms with Gasteiger partial charge in [0.05, 0.1) is 13.2 Å². The van der Waals surface area contributed by atoms with E-state index in [0.29, 0.717) is 31.5 Å². The van der Waals surface area contributed by atoms with Crippen molar-refractivity contribution in [2.45, 2.75) is 26.3 Å². The van der Waals surface area contributed by atoms with Gasteiger partial charge in [-0.05, 0) is 12.3 Å². The fourth-order valence-electron chi connectivity index (χ4n) is 2.24. The number of nitrogens with zero attached hydrogens (tertiary/aromatic N) is 1. The maximum Gasteiger partial charge on any atom is 0.314 e. The lowest BCUT2D eigenvalue weighted by molar-refractivity contribution is 0.00720. The molecule has 1 saturated heterocycles. The molecule has 0 bridgehead atoms. The highest BCUT2D eigenvalue weighted by atomic mass is 16.5. The second-order valence-electron chi connectivity index (χ2n) is 5.17. The van der Waals surface area contributed by atoms with Gasteiger partial charge in [-0.1, -0.05) is 13.8 Å². The third-order valence-electron chi connectivity index (χ3n) is 3.38. The van der Waals surface area contributed by atoms with E-state index in [1.807, 2.05) is 0 Å². The van der Waals surface area contributed by atoms with E-state index < -0.39 is 0 Å². The van der Waals surface area contributed by atoms with Crippen molar-refractivity contribution < 1.29 is 14.6 Å². The van der Waals surface area contributed by atoms with E-state index >= 15 is 0 Å². The van der Waals surface area contributed by atoms with Crippen LogP contribution in [0.15, 0.2) is 0 Å². The molecule has 0 spiro atoms. The molecule has 1 aliphatic rings. The van der Waals surface area contributed by atoms with Gasteiger partial charge in [-0.3, -0.25) is 4.90 Å². The Morgan fingerprint density at radius 2 is 2.00 bits per heavy atom. The number of aliphatic hydroxyl groups excluding tert-OH is 1. The Morgan fingerprint density at radius 3 is 2.58 bits per heavy atom. The summed E-state index contributed by atoms with van der Waals surface area (Å²) in [4.78, 5) is 14.0. The number of carbonyl (C=O) groups excluding carboxylic acids is 1. The molecule has 112 valence electrons. The van der Waals surface area contributed by atoms with Gasteiger partial charge in [0.2, 0.25) is 0 Å². The molecule has 6 heteroatoms. The highest BCUT2D eigenvalue weighted by Crippen LogP contribution is 2.12. The normalized spacial score (nSPS) is 18.3. The van der Waals surface area contributed by atoms with Crippen LogP contribution >= 0.6 is 0 Å². The van der Waals surface area contributed by atoms with Crippen LogP contribution in [0, 0.1) is 5.92 Å². The molecule has 19 heavy (non-hydrogen) atoms. The van der Waals surface area contributed by atoms with Gasteiger partial charge < -0.3 is 20.5 Å². The monoisotopic (exact) mass is 273 g/mol. The minimum atomic E-state index is -0.160. The van der Waals surface area contributed by atoms with E-state index in [0.717, 1.165) is 26.3 Å². The van der Waals surface area contributed by atoms with Crippen LogP contribution in [0.2, 0.25) is 0 Å². The van der Waals surface area contributed by atoms with Crippen LogP contribution < -0.4 is 10.6 Å². The summed E-state index contributed by atoms with van der Waals surface area (Å²) in [6.07, 6.45) is 0.588. The number of nitrogens with one attached hydrogen (secondary N) is 2. The van der Waals surface area contributed by atoms with Crippen molar-refractivity contribution in [2.75, 3.05) is 46.0 Å². The van der Waals surface area contributed by atoms with Crippen molar-refractivity contribution in [1.29, 1.82) is 0 Å². The summed E-state index contributed by atoms with van der Waals surface area (Å²) in [5, 5.41) is 14.3. The molecule has 1 aliphatic heterocycles. The molecule has 0 aromatic heterocycles. The van der Waals surface area contributed by atoms with Crippen molar-refractivity contribution >= 4 is 6.03 Å². The molecule has 1 unspecified atom stereocenters. The summed E-state index contributed by atoms with van der Waals surface area (Å²) in [6.45, 7) is 8.99. The second-order valence-corrected chi connectivity index (χ2v) is 5.17. The van der Waals surface area contributed by atoms with Crippen LogP contribution in [0.5, 0.6) is 0 Å². The van der Waals surface area contributed by atoms with Gasteiger partial charge >= 0.3 is 6.03 Å². The third-order valence-corrected chi connectivity index (χ3v) is 3.38. The smallest absolute Gasteiger partial charge is 0.314 e. The Labute approximate surface area is 115 Å². The van der Waals surface area contributed by atoms with E-state index in [2.05, 4.69) is 29.4 Å². The van der Waals surface area contributed by atoms with Crippen LogP contribution in [-0.2, 0) is 4.74 Å².